The van der Waals surface area contributed by atoms with E-state index in [1.54, 1.807) is 6.07 Å². The molecule has 1 aromatic heterocycles. The Morgan fingerprint density at radius 1 is 1.37 bits per heavy atom. The second-order valence-corrected chi connectivity index (χ2v) is 6.69. The Labute approximate surface area is 125 Å². The molecule has 0 radical (unpaired) electrons. The van der Waals surface area contributed by atoms with Crippen molar-refractivity contribution < 1.29 is 4.52 Å². The topological polar surface area (TPSA) is 64.9 Å². The van der Waals surface area contributed by atoms with E-state index < -0.39 is 0 Å². The number of nitrogens with two attached hydrogens (primary N) is 1. The Hall–Kier alpha value is -0.910. The Kier molecular flexibility index (Phi) is 3.99. The number of halogens is 2. The molecule has 19 heavy (non-hydrogen) atoms. The van der Waals surface area contributed by atoms with Gasteiger partial charge in [-0.3, -0.25) is 0 Å². The van der Waals surface area contributed by atoms with Gasteiger partial charge in [0.1, 0.15) is 0 Å². The number of rotatable bonds is 2. The first-order valence-electron chi connectivity index (χ1n) is 5.83. The van der Waals surface area contributed by atoms with E-state index in [1.165, 1.54) is 0 Å². The average Bonchev–Trinajstić information content (AvgIpc) is 2.79. The first kappa shape index (κ1) is 14.5. The third-order valence-corrected chi connectivity index (χ3v) is 4.05. The van der Waals surface area contributed by atoms with E-state index >= 15 is 0 Å². The lowest BCUT2D eigenvalue weighted by Crippen LogP contribution is -2.27. The molecule has 1 atom stereocenters. The third kappa shape index (κ3) is 3.16. The second-order valence-electron chi connectivity index (χ2n) is 5.43. The molecule has 2 N–H and O–H groups in total. The second kappa shape index (κ2) is 5.23. The maximum absolute atomic E-state index is 6.10. The Bertz CT molecular complexity index is 592. The number of hydrogen-bond donors (Lipinski definition) is 1. The average molecular weight is 345 g/mol. The van der Waals surface area contributed by atoms with Gasteiger partial charge in [-0.15, -0.1) is 0 Å². The van der Waals surface area contributed by atoms with Gasteiger partial charge in [0.15, 0.2) is 5.82 Å². The van der Waals surface area contributed by atoms with Crippen molar-refractivity contribution in [3.05, 3.63) is 33.5 Å². The molecule has 0 bridgehead atoms. The van der Waals surface area contributed by atoms with Gasteiger partial charge in [-0.1, -0.05) is 37.5 Å². The van der Waals surface area contributed by atoms with Gasteiger partial charge in [-0.05, 0) is 39.5 Å². The summed E-state index contributed by atoms with van der Waals surface area (Å²) < 4.78 is 6.07. The van der Waals surface area contributed by atoms with Gasteiger partial charge in [-0.2, -0.15) is 4.98 Å². The van der Waals surface area contributed by atoms with E-state index in [0.29, 0.717) is 16.7 Å². The van der Waals surface area contributed by atoms with E-state index in [2.05, 4.69) is 26.1 Å². The van der Waals surface area contributed by atoms with Crippen LogP contribution < -0.4 is 5.73 Å². The molecule has 102 valence electrons. The zero-order valence-corrected chi connectivity index (χ0v) is 13.3. The van der Waals surface area contributed by atoms with E-state index in [4.69, 9.17) is 21.9 Å². The Balaban J connectivity index is 2.33. The monoisotopic (exact) mass is 343 g/mol. The van der Waals surface area contributed by atoms with Crippen molar-refractivity contribution in [2.45, 2.75) is 26.8 Å². The lowest BCUT2D eigenvalue weighted by Gasteiger charge is -2.23. The zero-order chi connectivity index (χ0) is 14.2. The first-order chi connectivity index (χ1) is 8.79. The van der Waals surface area contributed by atoms with E-state index in [1.807, 2.05) is 32.9 Å². The molecule has 1 aromatic carbocycles. The normalized spacial score (nSPS) is 13.6. The number of benzene rings is 1. The van der Waals surface area contributed by atoms with Crippen LogP contribution in [0, 0.1) is 5.41 Å². The highest BCUT2D eigenvalue weighted by atomic mass is 79.9. The van der Waals surface area contributed by atoms with E-state index in [9.17, 15) is 0 Å². The highest BCUT2D eigenvalue weighted by Gasteiger charge is 2.27. The van der Waals surface area contributed by atoms with Crippen LogP contribution in [-0.4, -0.2) is 10.1 Å². The van der Waals surface area contributed by atoms with Crippen molar-refractivity contribution in [2.24, 2.45) is 11.1 Å². The van der Waals surface area contributed by atoms with Crippen molar-refractivity contribution in [3.63, 3.8) is 0 Å². The Morgan fingerprint density at radius 2 is 2.05 bits per heavy atom. The van der Waals surface area contributed by atoms with Gasteiger partial charge in [0.2, 0.25) is 0 Å². The quantitative estimate of drug-likeness (QED) is 0.886. The summed E-state index contributed by atoms with van der Waals surface area (Å²) in [6.45, 7) is 6.10. The fourth-order valence-corrected chi connectivity index (χ4v) is 1.92. The molecular weight excluding hydrogens is 330 g/mol. The van der Waals surface area contributed by atoms with Crippen LogP contribution in [-0.2, 0) is 0 Å². The molecule has 0 aliphatic rings. The largest absolute Gasteiger partial charge is 0.334 e. The molecule has 0 aliphatic carbocycles. The minimum atomic E-state index is -0.282. The van der Waals surface area contributed by atoms with Crippen LogP contribution in [0.3, 0.4) is 0 Å². The van der Waals surface area contributed by atoms with Crippen LogP contribution in [0.4, 0.5) is 0 Å². The summed E-state index contributed by atoms with van der Waals surface area (Å²) >= 11 is 9.38. The minimum Gasteiger partial charge on any atom is -0.334 e. The lowest BCUT2D eigenvalue weighted by molar-refractivity contribution is 0.303. The summed E-state index contributed by atoms with van der Waals surface area (Å²) in [5.41, 5.74) is 6.74. The van der Waals surface area contributed by atoms with Gasteiger partial charge in [0, 0.05) is 10.0 Å². The van der Waals surface area contributed by atoms with Crippen LogP contribution in [0.5, 0.6) is 0 Å². The van der Waals surface area contributed by atoms with Gasteiger partial charge in [0.25, 0.3) is 5.89 Å². The molecule has 0 amide bonds. The SMILES string of the molecule is CC(C)(C)C(N)c1noc(-c2ccc(Br)c(Cl)c2)n1. The van der Waals surface area contributed by atoms with Crippen molar-refractivity contribution in [1.29, 1.82) is 0 Å². The van der Waals surface area contributed by atoms with Gasteiger partial charge >= 0.3 is 0 Å². The highest BCUT2D eigenvalue weighted by Crippen LogP contribution is 2.31. The van der Waals surface area contributed by atoms with Gasteiger partial charge in [0.05, 0.1) is 11.1 Å². The molecule has 2 aromatic rings. The van der Waals surface area contributed by atoms with Crippen LogP contribution >= 0.6 is 27.5 Å². The Morgan fingerprint density at radius 3 is 2.63 bits per heavy atom. The zero-order valence-electron chi connectivity index (χ0n) is 10.9. The van der Waals surface area contributed by atoms with E-state index in [0.717, 1.165) is 10.0 Å². The van der Waals surface area contributed by atoms with Gasteiger partial charge in [-0.25, -0.2) is 0 Å². The fraction of sp³-hybridized carbons (Fsp3) is 0.385. The predicted octanol–water partition coefficient (Wildman–Crippen LogP) is 4.20. The molecular formula is C13H15BrClN3O. The van der Waals surface area contributed by atoms with Crippen molar-refractivity contribution in [3.8, 4) is 11.5 Å². The smallest absolute Gasteiger partial charge is 0.258 e. The summed E-state index contributed by atoms with van der Waals surface area (Å²) in [4.78, 5) is 4.34. The minimum absolute atomic E-state index is 0.126. The molecule has 0 saturated heterocycles. The molecule has 1 heterocycles. The summed E-state index contributed by atoms with van der Waals surface area (Å²) in [5.74, 6) is 0.922. The number of aromatic nitrogens is 2. The number of hydrogen-bond acceptors (Lipinski definition) is 4. The van der Waals surface area contributed by atoms with Gasteiger partial charge < -0.3 is 10.3 Å². The van der Waals surface area contributed by atoms with Crippen molar-refractivity contribution in [1.82, 2.24) is 10.1 Å². The summed E-state index contributed by atoms with van der Waals surface area (Å²) in [6, 6.07) is 5.18. The predicted molar refractivity (Wildman–Crippen MR) is 78.8 cm³/mol. The maximum Gasteiger partial charge on any atom is 0.258 e. The van der Waals surface area contributed by atoms with Crippen LogP contribution in [0.2, 0.25) is 5.02 Å². The molecule has 1 unspecified atom stereocenters. The molecule has 0 spiro atoms. The third-order valence-electron chi connectivity index (χ3n) is 2.82. The summed E-state index contributed by atoms with van der Waals surface area (Å²) in [6.07, 6.45) is 0. The molecule has 0 fully saturated rings. The first-order valence-corrected chi connectivity index (χ1v) is 7.01. The molecule has 0 saturated carbocycles. The van der Waals surface area contributed by atoms with Crippen LogP contribution in [0.1, 0.15) is 32.6 Å². The molecule has 0 aliphatic heterocycles. The molecule has 6 heteroatoms. The van der Waals surface area contributed by atoms with Crippen LogP contribution in [0.15, 0.2) is 27.2 Å². The van der Waals surface area contributed by atoms with Crippen molar-refractivity contribution in [2.75, 3.05) is 0 Å². The summed E-state index contributed by atoms with van der Waals surface area (Å²) in [5, 5.41) is 4.54. The standard InChI is InChI=1S/C13H15BrClN3O/c1-13(2,3)10(16)11-17-12(19-18-11)7-4-5-8(14)9(15)6-7/h4-6,10H,16H2,1-3H3. The molecule has 2 rings (SSSR count). The van der Waals surface area contributed by atoms with Crippen molar-refractivity contribution >= 4 is 27.5 Å². The van der Waals surface area contributed by atoms with E-state index in [-0.39, 0.29) is 11.5 Å². The summed E-state index contributed by atoms with van der Waals surface area (Å²) in [7, 11) is 0. The fourth-order valence-electron chi connectivity index (χ4n) is 1.49. The highest BCUT2D eigenvalue weighted by molar-refractivity contribution is 9.10. The lowest BCUT2D eigenvalue weighted by atomic mass is 9.87. The number of nitrogens with zero attached hydrogens (tertiary/aromatic N) is 2. The molecule has 4 nitrogen and oxygen atoms in total. The maximum atomic E-state index is 6.10. The van der Waals surface area contributed by atoms with Crippen LogP contribution in [0.25, 0.3) is 11.5 Å².